The van der Waals surface area contributed by atoms with Crippen molar-refractivity contribution in [1.82, 2.24) is 5.32 Å². The zero-order valence-electron chi connectivity index (χ0n) is 15.0. The summed E-state index contributed by atoms with van der Waals surface area (Å²) in [6.07, 6.45) is -0.619. The third-order valence-electron chi connectivity index (χ3n) is 3.50. The number of nitrogens with one attached hydrogen (secondary N) is 2. The summed E-state index contributed by atoms with van der Waals surface area (Å²) in [5.74, 6) is -0.319. The molecule has 0 aliphatic carbocycles. The number of anilines is 1. The van der Waals surface area contributed by atoms with E-state index in [-0.39, 0.29) is 23.8 Å². The smallest absolute Gasteiger partial charge is 0.261 e. The fourth-order valence-electron chi connectivity index (χ4n) is 1.64. The molecule has 6 heteroatoms. The van der Waals surface area contributed by atoms with Gasteiger partial charge in [-0.2, -0.15) is 0 Å². The van der Waals surface area contributed by atoms with E-state index in [1.807, 2.05) is 48.5 Å². The number of hydrogen-bond acceptors (Lipinski definition) is 4. The lowest BCUT2D eigenvalue weighted by atomic mass is 9.89. The van der Waals surface area contributed by atoms with Crippen molar-refractivity contribution in [2.45, 2.75) is 54.6 Å². The van der Waals surface area contributed by atoms with Crippen molar-refractivity contribution in [3.05, 3.63) is 16.5 Å². The van der Waals surface area contributed by atoms with Crippen molar-refractivity contribution >= 4 is 28.2 Å². The molecule has 23 heavy (non-hydrogen) atoms. The van der Waals surface area contributed by atoms with Gasteiger partial charge in [-0.25, -0.2) is 0 Å². The van der Waals surface area contributed by atoms with Gasteiger partial charge in [0.25, 0.3) is 5.91 Å². The second kappa shape index (κ2) is 7.01. The molecule has 0 aliphatic rings. The summed E-state index contributed by atoms with van der Waals surface area (Å²) in [4.78, 5) is 24.8. The van der Waals surface area contributed by atoms with Gasteiger partial charge >= 0.3 is 0 Å². The molecular formula is C17H28N2O3S. The number of amides is 2. The van der Waals surface area contributed by atoms with Crippen molar-refractivity contribution in [3.8, 4) is 0 Å². The quantitative estimate of drug-likeness (QED) is 0.788. The van der Waals surface area contributed by atoms with Crippen LogP contribution in [0.5, 0.6) is 0 Å². The number of aliphatic hydroxyl groups is 1. The molecule has 1 atom stereocenters. The van der Waals surface area contributed by atoms with Gasteiger partial charge in [-0.15, -0.1) is 11.3 Å². The second-order valence-electron chi connectivity index (χ2n) is 7.92. The van der Waals surface area contributed by atoms with Gasteiger partial charge < -0.3 is 15.7 Å². The van der Waals surface area contributed by atoms with Crippen LogP contribution in [0.2, 0.25) is 0 Å². The molecule has 1 heterocycles. The van der Waals surface area contributed by atoms with Crippen LogP contribution in [0.3, 0.4) is 0 Å². The van der Waals surface area contributed by atoms with Gasteiger partial charge in [-0.1, -0.05) is 41.5 Å². The molecule has 1 aromatic heterocycles. The average Bonchev–Trinajstić information content (AvgIpc) is 2.74. The molecule has 0 aliphatic heterocycles. The number of carbonyl (C=O) groups is 2. The van der Waals surface area contributed by atoms with Gasteiger partial charge in [0.2, 0.25) is 5.91 Å². The Labute approximate surface area is 142 Å². The first kappa shape index (κ1) is 19.6. The maximum Gasteiger partial charge on any atom is 0.261 e. The van der Waals surface area contributed by atoms with E-state index >= 15 is 0 Å². The Kier molecular flexibility index (Phi) is 5.99. The predicted molar refractivity (Wildman–Crippen MR) is 94.9 cm³/mol. The number of hydrogen-bond donors (Lipinski definition) is 3. The molecule has 0 saturated carbocycles. The summed E-state index contributed by atoms with van der Waals surface area (Å²) in [5.41, 5.74) is 0.0303. The Bertz CT molecular complexity index is 580. The van der Waals surface area contributed by atoms with E-state index in [0.717, 1.165) is 5.56 Å². The van der Waals surface area contributed by atoms with Crippen LogP contribution >= 0.6 is 11.3 Å². The van der Waals surface area contributed by atoms with Crippen molar-refractivity contribution in [2.75, 3.05) is 11.9 Å². The molecule has 0 saturated heterocycles. The Balaban J connectivity index is 2.75. The highest BCUT2D eigenvalue weighted by molar-refractivity contribution is 7.18. The zero-order chi connectivity index (χ0) is 18.0. The molecule has 130 valence electrons. The minimum atomic E-state index is -0.619. The first-order chi connectivity index (χ1) is 10.3. The fraction of sp³-hybridized carbons (Fsp3) is 0.647. The highest BCUT2D eigenvalue weighted by Gasteiger charge is 2.25. The Hall–Kier alpha value is -1.40. The standard InChI is InChI=1S/C17H28N2O3S/c1-10-8-12(19-15(22)17(5,6)7)23-13(10)14(21)18-9-11(20)16(2,3)4/h8,11,20H,9H2,1-7H3,(H,18,21)(H,19,22). The van der Waals surface area contributed by atoms with Gasteiger partial charge in [-0.3, -0.25) is 9.59 Å². The molecule has 2 amide bonds. The van der Waals surface area contributed by atoms with Crippen LogP contribution in [0, 0.1) is 17.8 Å². The summed E-state index contributed by atoms with van der Waals surface area (Å²) < 4.78 is 0. The van der Waals surface area contributed by atoms with Gasteiger partial charge in [0.1, 0.15) is 0 Å². The third-order valence-corrected chi connectivity index (χ3v) is 4.65. The molecule has 1 aromatic rings. The lowest BCUT2D eigenvalue weighted by molar-refractivity contribution is -0.123. The number of carbonyl (C=O) groups excluding carboxylic acids is 2. The molecule has 5 nitrogen and oxygen atoms in total. The first-order valence-corrected chi connectivity index (χ1v) is 8.52. The van der Waals surface area contributed by atoms with E-state index in [1.54, 1.807) is 6.07 Å². The maximum atomic E-state index is 12.3. The number of aryl methyl sites for hydroxylation is 1. The van der Waals surface area contributed by atoms with Crippen molar-refractivity contribution in [3.63, 3.8) is 0 Å². The van der Waals surface area contributed by atoms with E-state index in [0.29, 0.717) is 9.88 Å². The maximum absolute atomic E-state index is 12.3. The monoisotopic (exact) mass is 340 g/mol. The Morgan fingerprint density at radius 3 is 2.26 bits per heavy atom. The van der Waals surface area contributed by atoms with Crippen LogP contribution < -0.4 is 10.6 Å². The van der Waals surface area contributed by atoms with E-state index in [9.17, 15) is 14.7 Å². The van der Waals surface area contributed by atoms with Gasteiger partial charge in [0.15, 0.2) is 0 Å². The highest BCUT2D eigenvalue weighted by Crippen LogP contribution is 2.28. The summed E-state index contributed by atoms with van der Waals surface area (Å²) >= 11 is 1.25. The molecule has 0 radical (unpaired) electrons. The molecule has 1 rings (SSSR count). The number of rotatable bonds is 4. The minimum Gasteiger partial charge on any atom is -0.391 e. The molecular weight excluding hydrogens is 312 g/mol. The SMILES string of the molecule is Cc1cc(NC(=O)C(C)(C)C)sc1C(=O)NCC(O)C(C)(C)C. The molecule has 1 unspecified atom stereocenters. The topological polar surface area (TPSA) is 78.4 Å². The van der Waals surface area contributed by atoms with E-state index in [2.05, 4.69) is 10.6 Å². The van der Waals surface area contributed by atoms with Gasteiger partial charge in [0, 0.05) is 12.0 Å². The van der Waals surface area contributed by atoms with Crippen LogP contribution in [0.4, 0.5) is 5.00 Å². The second-order valence-corrected chi connectivity index (χ2v) is 8.97. The molecule has 0 aromatic carbocycles. The molecule has 0 fully saturated rings. The third kappa shape index (κ3) is 5.62. The largest absolute Gasteiger partial charge is 0.391 e. The van der Waals surface area contributed by atoms with Crippen molar-refractivity contribution < 1.29 is 14.7 Å². The summed E-state index contributed by atoms with van der Waals surface area (Å²) in [7, 11) is 0. The van der Waals surface area contributed by atoms with Crippen LogP contribution in [-0.4, -0.2) is 29.6 Å². The van der Waals surface area contributed by atoms with Crippen molar-refractivity contribution in [1.29, 1.82) is 0 Å². The lowest BCUT2D eigenvalue weighted by Crippen LogP contribution is -2.39. The zero-order valence-corrected chi connectivity index (χ0v) is 15.9. The normalized spacial score (nSPS) is 13.6. The first-order valence-electron chi connectivity index (χ1n) is 7.70. The highest BCUT2D eigenvalue weighted by atomic mass is 32.1. The predicted octanol–water partition coefficient (Wildman–Crippen LogP) is 3.18. The van der Waals surface area contributed by atoms with E-state index in [4.69, 9.17) is 0 Å². The Morgan fingerprint density at radius 2 is 1.78 bits per heavy atom. The van der Waals surface area contributed by atoms with E-state index in [1.165, 1.54) is 11.3 Å². The number of aliphatic hydroxyl groups excluding tert-OH is 1. The fourth-order valence-corrected chi connectivity index (χ4v) is 2.63. The van der Waals surface area contributed by atoms with Crippen LogP contribution in [0.15, 0.2) is 6.07 Å². The summed E-state index contributed by atoms with van der Waals surface area (Å²) in [6.45, 7) is 13.3. The average molecular weight is 340 g/mol. The minimum absolute atomic E-state index is 0.0890. The molecule has 0 bridgehead atoms. The van der Waals surface area contributed by atoms with Crippen LogP contribution in [0.25, 0.3) is 0 Å². The molecule has 0 spiro atoms. The van der Waals surface area contributed by atoms with Gasteiger partial charge in [0.05, 0.1) is 16.0 Å². The van der Waals surface area contributed by atoms with Crippen molar-refractivity contribution in [2.24, 2.45) is 10.8 Å². The van der Waals surface area contributed by atoms with Gasteiger partial charge in [-0.05, 0) is 24.0 Å². The lowest BCUT2D eigenvalue weighted by Gasteiger charge is -2.25. The molecule has 3 N–H and O–H groups in total. The summed E-state index contributed by atoms with van der Waals surface area (Å²) in [6, 6.07) is 1.80. The number of thiophene rings is 1. The van der Waals surface area contributed by atoms with Crippen LogP contribution in [-0.2, 0) is 4.79 Å². The summed E-state index contributed by atoms with van der Waals surface area (Å²) in [5, 5.41) is 16.2. The Morgan fingerprint density at radius 1 is 1.22 bits per heavy atom. The van der Waals surface area contributed by atoms with Crippen LogP contribution in [0.1, 0.15) is 56.8 Å². The van der Waals surface area contributed by atoms with E-state index < -0.39 is 11.5 Å².